The Morgan fingerprint density at radius 2 is 0.828 bits per heavy atom. The molecule has 10 aliphatic rings. The monoisotopic (exact) mass is 470 g/mol. The first-order chi connectivity index (χ1) is 14.0. The van der Waals surface area contributed by atoms with Gasteiger partial charge in [0.05, 0.1) is 0 Å². The van der Waals surface area contributed by atoms with Gasteiger partial charge in [0.15, 0.2) is 0 Å². The second-order valence-electron chi connectivity index (χ2n) is 16.2. The van der Waals surface area contributed by atoms with Crippen molar-refractivity contribution in [3.8, 4) is 0 Å². The molecule has 10 aliphatic heterocycles. The van der Waals surface area contributed by atoms with Crippen LogP contribution in [-0.2, 0) is 6.65 Å². The van der Waals surface area contributed by atoms with Gasteiger partial charge in [-0.25, -0.2) is 0 Å². The summed E-state index contributed by atoms with van der Waals surface area (Å²) in [5.41, 5.74) is 0. The standard InChI is InChI=1S/C21H39P2.C5H5.Cr/c1-5-9-16-22(17-10-6-2)20-14-13-15-21(20)23(18-11-7-3)19-12-8-4;1-2-4-5-3-1;/h13-15H,5-12,16-19H2,1-4H3;1-5H;. The van der Waals surface area contributed by atoms with Gasteiger partial charge >= 0.3 is 172 Å². The molecule has 0 radical (unpaired) electrons. The van der Waals surface area contributed by atoms with Crippen LogP contribution in [0.4, 0.5) is 0 Å². The second-order valence-corrected chi connectivity index (χ2v) is 49.4. The van der Waals surface area contributed by atoms with E-state index in [1.165, 1.54) is 33.7 Å². The fourth-order valence-electron chi connectivity index (χ4n) is 23.3. The Balaban J connectivity index is 1.19. The molecule has 10 fully saturated rings. The van der Waals surface area contributed by atoms with E-state index in [4.69, 9.17) is 0 Å². The van der Waals surface area contributed by atoms with Crippen LogP contribution in [0.5, 0.6) is 0 Å². The number of rotatable bonds is 14. The molecule has 4 unspecified atom stereocenters. The zero-order valence-electron chi connectivity index (χ0n) is 19.4. The molecule has 4 atom stereocenters. The molecule has 0 aliphatic carbocycles. The summed E-state index contributed by atoms with van der Waals surface area (Å²) >= 11 is 0. The third-order valence-corrected chi connectivity index (χ3v) is 87.1. The molecule has 10 heterocycles. The molecule has 0 aromatic heterocycles. The first kappa shape index (κ1) is 16.9. The number of hydrogen-bond donors (Lipinski definition) is 0. The van der Waals surface area contributed by atoms with E-state index in [1.807, 2.05) is 0 Å². The average Bonchev–Trinajstić information content (AvgIpc) is 3.67. The van der Waals surface area contributed by atoms with Gasteiger partial charge in [0.2, 0.25) is 0 Å². The summed E-state index contributed by atoms with van der Waals surface area (Å²) in [5, 5.41) is 0. The Kier molecular flexibility index (Phi) is 1.37. The fraction of sp³-hybridized carbons (Fsp3) is 1.00. The van der Waals surface area contributed by atoms with Gasteiger partial charge in [-0.1, -0.05) is 0 Å². The average molecular weight is 471 g/mol. The molecule has 164 valence electrons. The Labute approximate surface area is 172 Å². The second kappa shape index (κ2) is 2.35. The van der Waals surface area contributed by atoms with Crippen LogP contribution in [0.25, 0.3) is 0 Å². The molecule has 0 bridgehead atoms. The van der Waals surface area contributed by atoms with Crippen molar-refractivity contribution in [3.63, 3.8) is 0 Å². The van der Waals surface area contributed by atoms with E-state index >= 15 is 0 Å². The minimum atomic E-state index is -3.39. The van der Waals surface area contributed by atoms with Crippen molar-refractivity contribution in [1.29, 1.82) is 0 Å². The van der Waals surface area contributed by atoms with Crippen LogP contribution in [-0.4, -0.2) is 32.7 Å². The molecule has 0 saturated carbocycles. The predicted molar refractivity (Wildman–Crippen MR) is 128 cm³/mol. The van der Waals surface area contributed by atoms with Crippen LogP contribution < -0.4 is 0 Å². The molecular formula is C26H44CrP2. The van der Waals surface area contributed by atoms with Gasteiger partial charge in [-0.3, -0.25) is 0 Å². The number of hydrogen-bond acceptors (Lipinski definition) is 0. The first-order valence-corrected chi connectivity index (χ1v) is 24.6. The fourth-order valence-corrected chi connectivity index (χ4v) is 155. The maximum atomic E-state index is 2.48. The summed E-state index contributed by atoms with van der Waals surface area (Å²) in [5.74, 6) is 0. The predicted octanol–water partition coefficient (Wildman–Crippen LogP) is 9.36. The molecule has 0 aromatic rings. The molecule has 10 rings (SSSR count). The summed E-state index contributed by atoms with van der Waals surface area (Å²) in [7, 11) is 0.842. The van der Waals surface area contributed by atoms with Gasteiger partial charge in [-0.05, 0) is 0 Å². The SMILES string of the molecule is CCCCP(CCCC)[C]12[CH]3[CH]4[CH]5[C]1(P(CCCC)CCCC)[Cr]43521678[CH]2[CH]1[CH]6[CH]7[CH]28. The first-order valence-electron chi connectivity index (χ1n) is 14.0. The van der Waals surface area contributed by atoms with Crippen molar-refractivity contribution < 1.29 is 6.65 Å². The van der Waals surface area contributed by atoms with Crippen LogP contribution in [0.15, 0.2) is 0 Å². The zero-order chi connectivity index (χ0) is 19.6. The van der Waals surface area contributed by atoms with Crippen LogP contribution >= 0.6 is 15.8 Å². The normalized spacial score (nSPS) is 77.9. The summed E-state index contributed by atoms with van der Waals surface area (Å²) in [6, 6.07) is 0. The summed E-state index contributed by atoms with van der Waals surface area (Å²) in [6.07, 6.45) is 19.3. The van der Waals surface area contributed by atoms with E-state index in [0.29, 0.717) is 15.8 Å². The van der Waals surface area contributed by atoms with Crippen molar-refractivity contribution in [2.24, 2.45) is 0 Å². The molecule has 29 heavy (non-hydrogen) atoms. The topological polar surface area (TPSA) is 0 Å². The van der Waals surface area contributed by atoms with E-state index in [9.17, 15) is 0 Å². The van der Waals surface area contributed by atoms with Crippen molar-refractivity contribution in [2.75, 3.05) is 24.6 Å². The maximum absolute atomic E-state index is 3.39. The van der Waals surface area contributed by atoms with E-state index in [0.717, 1.165) is 0 Å². The minimum absolute atomic E-state index is 0.421. The van der Waals surface area contributed by atoms with Gasteiger partial charge in [0.25, 0.3) is 0 Å². The summed E-state index contributed by atoms with van der Waals surface area (Å²) in [6.45, 7) is 6.54. The quantitative estimate of drug-likeness (QED) is 0.222. The third-order valence-electron chi connectivity index (χ3n) is 20.9. The van der Waals surface area contributed by atoms with Crippen molar-refractivity contribution in [2.45, 2.75) is 125 Å². The molecule has 0 aromatic carbocycles. The summed E-state index contributed by atoms with van der Waals surface area (Å²) in [4.78, 5) is 0. The Hall–Kier alpha value is 1.39. The van der Waals surface area contributed by atoms with Crippen molar-refractivity contribution in [1.82, 2.24) is 0 Å². The van der Waals surface area contributed by atoms with Gasteiger partial charge in [-0.2, -0.15) is 0 Å². The van der Waals surface area contributed by atoms with Crippen molar-refractivity contribution >= 4 is 15.8 Å². The Morgan fingerprint density at radius 1 is 0.517 bits per heavy atom. The molecular weight excluding hydrogens is 426 g/mol. The Morgan fingerprint density at radius 3 is 1.03 bits per heavy atom. The van der Waals surface area contributed by atoms with Gasteiger partial charge < -0.3 is 0 Å². The van der Waals surface area contributed by atoms with Crippen LogP contribution in [0.3, 0.4) is 0 Å². The van der Waals surface area contributed by atoms with E-state index in [1.54, 1.807) is 88.6 Å². The molecule has 1 spiro atoms. The molecule has 10 saturated heterocycles. The van der Waals surface area contributed by atoms with Crippen LogP contribution in [0, 0.1) is 0 Å². The van der Waals surface area contributed by atoms with Crippen molar-refractivity contribution in [3.05, 3.63) is 0 Å². The molecule has 0 amide bonds. The zero-order valence-corrected chi connectivity index (χ0v) is 22.5. The van der Waals surface area contributed by atoms with E-state index in [-0.39, 0.29) is 0 Å². The molecule has 3 heteroatoms. The molecule has 0 N–H and O–H groups in total. The van der Waals surface area contributed by atoms with Gasteiger partial charge in [0.1, 0.15) is 0 Å². The van der Waals surface area contributed by atoms with E-state index in [2.05, 4.69) is 27.7 Å². The Bertz CT molecular complexity index is 1080. The number of fused-ring (bicyclic) bond motifs is 10. The van der Waals surface area contributed by atoms with E-state index < -0.39 is 6.65 Å². The van der Waals surface area contributed by atoms with Gasteiger partial charge in [0, 0.05) is 0 Å². The summed E-state index contributed by atoms with van der Waals surface area (Å²) < 4.78 is 14.9. The van der Waals surface area contributed by atoms with Crippen LogP contribution in [0.1, 0.15) is 79.1 Å². The van der Waals surface area contributed by atoms with Crippen LogP contribution in [0.2, 0.25) is 38.2 Å². The van der Waals surface area contributed by atoms with Gasteiger partial charge in [-0.15, -0.1) is 0 Å². The molecule has 0 nitrogen and oxygen atoms in total. The third kappa shape index (κ3) is 0.335. The number of unbranched alkanes of at least 4 members (excludes halogenated alkanes) is 4.